The van der Waals surface area contributed by atoms with Crippen molar-refractivity contribution in [2.24, 2.45) is 17.8 Å². The number of hydrogen-bond acceptors (Lipinski definition) is 3. The standard InChI is InChI=1S/C27H48O3/c1-5-8-10-12-16-25(22-24(7-3)15-9-6-2)21-23(4)27(30-28)19-20-29-26-17-13-11-14-18-26/h11,13-14,17-18,23-25,27-28H,5-10,12,15-16,19-22H2,1-4H3. The van der Waals surface area contributed by atoms with Crippen LogP contribution in [0.5, 0.6) is 5.75 Å². The SMILES string of the molecule is CCCCCCC(CC(CC)CCCC)CC(C)C(CCOc1ccccc1)OO. The molecule has 3 nitrogen and oxygen atoms in total. The molecule has 1 N–H and O–H groups in total. The maximum absolute atomic E-state index is 9.54. The number of unbranched alkanes of at least 4 members (excludes halogenated alkanes) is 4. The van der Waals surface area contributed by atoms with Gasteiger partial charge >= 0.3 is 0 Å². The molecule has 1 rings (SSSR count). The summed E-state index contributed by atoms with van der Waals surface area (Å²) >= 11 is 0. The Labute approximate surface area is 186 Å². The minimum atomic E-state index is -0.164. The topological polar surface area (TPSA) is 38.7 Å². The van der Waals surface area contributed by atoms with Gasteiger partial charge in [0.15, 0.2) is 0 Å². The second-order valence-corrected chi connectivity index (χ2v) is 9.17. The number of hydrogen-bond donors (Lipinski definition) is 1. The van der Waals surface area contributed by atoms with Crippen molar-refractivity contribution in [3.05, 3.63) is 30.3 Å². The van der Waals surface area contributed by atoms with Gasteiger partial charge in [-0.15, -0.1) is 0 Å². The molecule has 0 aliphatic carbocycles. The molecule has 0 saturated carbocycles. The molecule has 0 fully saturated rings. The minimum absolute atomic E-state index is 0.164. The molecular formula is C27H48O3. The predicted octanol–water partition coefficient (Wildman–Crippen LogP) is 8.53. The first-order valence-corrected chi connectivity index (χ1v) is 12.6. The Morgan fingerprint density at radius 2 is 1.50 bits per heavy atom. The summed E-state index contributed by atoms with van der Waals surface area (Å²) in [7, 11) is 0. The van der Waals surface area contributed by atoms with Crippen LogP contribution in [-0.4, -0.2) is 18.0 Å². The van der Waals surface area contributed by atoms with Crippen molar-refractivity contribution < 1.29 is 14.9 Å². The lowest BCUT2D eigenvalue weighted by atomic mass is 9.80. The molecule has 3 heteroatoms. The van der Waals surface area contributed by atoms with Crippen LogP contribution in [0.2, 0.25) is 0 Å². The van der Waals surface area contributed by atoms with Gasteiger partial charge in [0, 0.05) is 6.42 Å². The second kappa shape index (κ2) is 17.6. The fourth-order valence-electron chi connectivity index (χ4n) is 4.57. The van der Waals surface area contributed by atoms with Crippen molar-refractivity contribution in [3.63, 3.8) is 0 Å². The normalized spacial score (nSPS) is 15.5. The van der Waals surface area contributed by atoms with Crippen LogP contribution in [0, 0.1) is 17.8 Å². The van der Waals surface area contributed by atoms with Crippen molar-refractivity contribution in [3.8, 4) is 5.75 Å². The number of rotatable bonds is 19. The van der Waals surface area contributed by atoms with Crippen LogP contribution in [0.3, 0.4) is 0 Å². The monoisotopic (exact) mass is 420 g/mol. The van der Waals surface area contributed by atoms with E-state index in [4.69, 9.17) is 9.62 Å². The zero-order chi connectivity index (χ0) is 22.0. The first-order chi connectivity index (χ1) is 14.6. The number of benzene rings is 1. The average Bonchev–Trinajstić information content (AvgIpc) is 2.77. The van der Waals surface area contributed by atoms with E-state index in [0.717, 1.165) is 24.0 Å². The molecule has 0 bridgehead atoms. The summed E-state index contributed by atoms with van der Waals surface area (Å²) in [5.74, 6) is 2.76. The summed E-state index contributed by atoms with van der Waals surface area (Å²) in [5.41, 5.74) is 0. The van der Waals surface area contributed by atoms with Crippen molar-refractivity contribution in [2.45, 2.75) is 111 Å². The fraction of sp³-hybridized carbons (Fsp3) is 0.778. The largest absolute Gasteiger partial charge is 0.493 e. The highest BCUT2D eigenvalue weighted by molar-refractivity contribution is 5.20. The number of ether oxygens (including phenoxy) is 1. The van der Waals surface area contributed by atoms with Crippen LogP contribution in [0.25, 0.3) is 0 Å². The summed E-state index contributed by atoms with van der Waals surface area (Å²) in [6, 6.07) is 9.87. The molecule has 0 amide bonds. The Morgan fingerprint density at radius 3 is 2.13 bits per heavy atom. The van der Waals surface area contributed by atoms with E-state index >= 15 is 0 Å². The van der Waals surface area contributed by atoms with Crippen LogP contribution in [-0.2, 0) is 4.89 Å². The molecule has 0 radical (unpaired) electrons. The molecule has 4 unspecified atom stereocenters. The van der Waals surface area contributed by atoms with Gasteiger partial charge in [-0.1, -0.05) is 104 Å². The third-order valence-electron chi connectivity index (χ3n) is 6.57. The van der Waals surface area contributed by atoms with E-state index < -0.39 is 0 Å². The van der Waals surface area contributed by atoms with Gasteiger partial charge in [0.1, 0.15) is 5.75 Å². The highest BCUT2D eigenvalue weighted by Crippen LogP contribution is 2.31. The van der Waals surface area contributed by atoms with Crippen LogP contribution >= 0.6 is 0 Å². The second-order valence-electron chi connectivity index (χ2n) is 9.17. The summed E-state index contributed by atoms with van der Waals surface area (Å²) < 4.78 is 5.82. The average molecular weight is 421 g/mol. The van der Waals surface area contributed by atoms with Crippen LogP contribution in [0.1, 0.15) is 105 Å². The Balaban J connectivity index is 2.55. The minimum Gasteiger partial charge on any atom is -0.493 e. The number of para-hydroxylation sites is 1. The highest BCUT2D eigenvalue weighted by atomic mass is 17.1. The maximum Gasteiger partial charge on any atom is 0.119 e. The molecule has 0 spiro atoms. The van der Waals surface area contributed by atoms with E-state index in [1.54, 1.807) is 0 Å². The summed E-state index contributed by atoms with van der Waals surface area (Å²) in [4.78, 5) is 4.91. The molecule has 174 valence electrons. The molecule has 0 aliphatic rings. The lowest BCUT2D eigenvalue weighted by molar-refractivity contribution is -0.292. The van der Waals surface area contributed by atoms with E-state index in [-0.39, 0.29) is 6.10 Å². The molecule has 0 aromatic heterocycles. The van der Waals surface area contributed by atoms with Crippen molar-refractivity contribution >= 4 is 0 Å². The molecule has 0 saturated heterocycles. The van der Waals surface area contributed by atoms with Crippen LogP contribution < -0.4 is 4.74 Å². The molecule has 30 heavy (non-hydrogen) atoms. The third kappa shape index (κ3) is 12.0. The Hall–Kier alpha value is -1.06. The summed E-state index contributed by atoms with van der Waals surface area (Å²) in [6.07, 6.45) is 14.9. The van der Waals surface area contributed by atoms with E-state index in [2.05, 4.69) is 27.7 Å². The van der Waals surface area contributed by atoms with Gasteiger partial charge < -0.3 is 4.74 Å². The Kier molecular flexibility index (Phi) is 15.8. The van der Waals surface area contributed by atoms with Crippen LogP contribution in [0.15, 0.2) is 30.3 Å². The van der Waals surface area contributed by atoms with Gasteiger partial charge in [-0.05, 0) is 42.7 Å². The van der Waals surface area contributed by atoms with Gasteiger partial charge in [-0.25, -0.2) is 4.89 Å². The first kappa shape index (κ1) is 27.0. The zero-order valence-electron chi connectivity index (χ0n) is 20.2. The third-order valence-corrected chi connectivity index (χ3v) is 6.57. The van der Waals surface area contributed by atoms with E-state index in [1.165, 1.54) is 64.2 Å². The van der Waals surface area contributed by atoms with Crippen molar-refractivity contribution in [2.75, 3.05) is 6.61 Å². The van der Waals surface area contributed by atoms with Crippen molar-refractivity contribution in [1.82, 2.24) is 0 Å². The van der Waals surface area contributed by atoms with Gasteiger partial charge in [0.05, 0.1) is 12.7 Å². The van der Waals surface area contributed by atoms with E-state index in [9.17, 15) is 5.26 Å². The highest BCUT2D eigenvalue weighted by Gasteiger charge is 2.24. The van der Waals surface area contributed by atoms with Gasteiger partial charge in [-0.2, -0.15) is 0 Å². The molecule has 1 aromatic rings. The Morgan fingerprint density at radius 1 is 0.800 bits per heavy atom. The molecule has 1 aromatic carbocycles. The van der Waals surface area contributed by atoms with E-state index in [1.807, 2.05) is 30.3 Å². The van der Waals surface area contributed by atoms with Gasteiger partial charge in [-0.3, -0.25) is 5.26 Å². The quantitative estimate of drug-likeness (QED) is 0.138. The molecule has 0 heterocycles. The zero-order valence-corrected chi connectivity index (χ0v) is 20.2. The summed E-state index contributed by atoms with van der Waals surface area (Å²) in [6.45, 7) is 9.71. The first-order valence-electron chi connectivity index (χ1n) is 12.6. The lowest BCUT2D eigenvalue weighted by Crippen LogP contribution is -2.26. The molecule has 4 atom stereocenters. The fourth-order valence-corrected chi connectivity index (χ4v) is 4.57. The van der Waals surface area contributed by atoms with Gasteiger partial charge in [0.25, 0.3) is 0 Å². The maximum atomic E-state index is 9.54. The molecule has 0 aliphatic heterocycles. The van der Waals surface area contributed by atoms with E-state index in [0.29, 0.717) is 18.9 Å². The lowest BCUT2D eigenvalue weighted by Gasteiger charge is -2.28. The van der Waals surface area contributed by atoms with Crippen LogP contribution in [0.4, 0.5) is 0 Å². The van der Waals surface area contributed by atoms with Gasteiger partial charge in [0.2, 0.25) is 0 Å². The Bertz CT molecular complexity index is 490. The molecular weight excluding hydrogens is 372 g/mol. The summed E-state index contributed by atoms with van der Waals surface area (Å²) in [5, 5.41) is 9.54. The smallest absolute Gasteiger partial charge is 0.119 e. The van der Waals surface area contributed by atoms with Crippen molar-refractivity contribution in [1.29, 1.82) is 0 Å². The predicted molar refractivity (Wildman–Crippen MR) is 128 cm³/mol.